The second-order valence-electron chi connectivity index (χ2n) is 4.46. The van der Waals surface area contributed by atoms with Gasteiger partial charge in [0.1, 0.15) is 5.69 Å². The summed E-state index contributed by atoms with van der Waals surface area (Å²) >= 11 is 1.04. The molecule has 0 fully saturated rings. The molecule has 2 heterocycles. The number of aryl methyl sites for hydroxylation is 1. The number of fused-ring (bicyclic) bond motifs is 1. The minimum atomic E-state index is -0.496. The van der Waals surface area contributed by atoms with E-state index in [9.17, 15) is 19.7 Å². The van der Waals surface area contributed by atoms with Crippen LogP contribution in [0, 0.1) is 17.0 Å². The zero-order chi connectivity index (χ0) is 15.9. The van der Waals surface area contributed by atoms with E-state index >= 15 is 0 Å². The van der Waals surface area contributed by atoms with Crippen LogP contribution in [0.5, 0.6) is 0 Å². The smallest absolute Gasteiger partial charge is 0.266 e. The van der Waals surface area contributed by atoms with E-state index in [2.05, 4.69) is 10.1 Å². The molecule has 110 valence electrons. The van der Waals surface area contributed by atoms with Crippen LogP contribution in [0.4, 0.5) is 5.69 Å². The van der Waals surface area contributed by atoms with Crippen LogP contribution in [0.1, 0.15) is 11.3 Å². The monoisotopic (exact) mass is 316 g/mol. The average Bonchev–Trinajstić information content (AvgIpc) is 2.77. The lowest BCUT2D eigenvalue weighted by atomic mass is 10.2. The third kappa shape index (κ3) is 2.37. The molecule has 2 aromatic heterocycles. The van der Waals surface area contributed by atoms with E-state index in [1.807, 2.05) is 0 Å². The fraction of sp³-hybridized carbons (Fsp3) is 0.0769. The molecule has 0 atom stereocenters. The summed E-state index contributed by atoms with van der Waals surface area (Å²) < 4.78 is 1.43. The Balaban J connectivity index is 2.17. The molecule has 3 aromatic rings. The van der Waals surface area contributed by atoms with Gasteiger partial charge < -0.3 is 0 Å². The molecule has 0 N–H and O–H groups in total. The van der Waals surface area contributed by atoms with Crippen molar-refractivity contribution in [1.82, 2.24) is 14.6 Å². The first-order valence-corrected chi connectivity index (χ1v) is 6.94. The van der Waals surface area contributed by atoms with Gasteiger partial charge in [0.15, 0.2) is 0 Å². The molecular weight excluding hydrogens is 308 g/mol. The van der Waals surface area contributed by atoms with Gasteiger partial charge in [-0.05, 0) is 30.7 Å². The van der Waals surface area contributed by atoms with Crippen molar-refractivity contribution in [1.29, 1.82) is 0 Å². The molecule has 0 aliphatic heterocycles. The third-order valence-electron chi connectivity index (χ3n) is 2.94. The van der Waals surface area contributed by atoms with Gasteiger partial charge in [-0.1, -0.05) is 11.3 Å². The van der Waals surface area contributed by atoms with E-state index in [0.717, 1.165) is 15.9 Å². The van der Waals surface area contributed by atoms with Gasteiger partial charge in [0.25, 0.3) is 16.8 Å². The Hall–Kier alpha value is -2.94. The quantitative estimate of drug-likeness (QED) is 0.496. The number of aromatic nitrogens is 3. The topological polar surface area (TPSA) is 107 Å². The fourth-order valence-electron chi connectivity index (χ4n) is 1.83. The van der Waals surface area contributed by atoms with Crippen LogP contribution in [-0.4, -0.2) is 19.5 Å². The number of nitrogens with zero attached hydrogens (tertiary/aromatic N) is 4. The first-order valence-electron chi connectivity index (χ1n) is 6.12. The van der Waals surface area contributed by atoms with Crippen LogP contribution in [0.2, 0.25) is 0 Å². The largest absolute Gasteiger partial charge is 0.295 e. The van der Waals surface area contributed by atoms with Gasteiger partial charge in [-0.2, -0.15) is 14.6 Å². The Morgan fingerprint density at radius 3 is 2.59 bits per heavy atom. The van der Waals surface area contributed by atoms with Gasteiger partial charge >= 0.3 is 0 Å². The summed E-state index contributed by atoms with van der Waals surface area (Å²) in [7, 11) is 0. The summed E-state index contributed by atoms with van der Waals surface area (Å²) in [6, 6.07) is 5.79. The Kier molecular flexibility index (Phi) is 3.26. The van der Waals surface area contributed by atoms with Crippen molar-refractivity contribution < 1.29 is 4.92 Å². The molecule has 8 nitrogen and oxygen atoms in total. The maximum absolute atomic E-state index is 12.2. The van der Waals surface area contributed by atoms with Crippen molar-refractivity contribution in [2.75, 3.05) is 0 Å². The van der Waals surface area contributed by atoms with Crippen LogP contribution in [0.3, 0.4) is 0 Å². The van der Waals surface area contributed by atoms with Gasteiger partial charge in [-0.15, -0.1) is 0 Å². The summed E-state index contributed by atoms with van der Waals surface area (Å²) in [4.78, 5) is 37.8. The molecule has 22 heavy (non-hydrogen) atoms. The number of nitro groups is 1. The molecule has 9 heteroatoms. The summed E-state index contributed by atoms with van der Waals surface area (Å²) in [5.41, 5.74) is -0.0968. The maximum atomic E-state index is 12.2. The molecule has 0 bridgehead atoms. The van der Waals surface area contributed by atoms with E-state index in [1.165, 1.54) is 31.2 Å². The number of rotatable bonds is 2. The maximum Gasteiger partial charge on any atom is 0.295 e. The molecular formula is C13H8N4O4S. The summed E-state index contributed by atoms with van der Waals surface area (Å²) in [6.07, 6.45) is 1.58. The highest BCUT2D eigenvalue weighted by Gasteiger charge is 2.08. The zero-order valence-corrected chi connectivity index (χ0v) is 12.0. The molecule has 0 aliphatic carbocycles. The Morgan fingerprint density at radius 1 is 1.27 bits per heavy atom. The van der Waals surface area contributed by atoms with Gasteiger partial charge in [0.05, 0.1) is 9.46 Å². The first-order chi connectivity index (χ1) is 10.5. The predicted octanol–water partition coefficient (Wildman–Crippen LogP) is 0.276. The number of hydrogen-bond donors (Lipinski definition) is 0. The van der Waals surface area contributed by atoms with Crippen molar-refractivity contribution >= 4 is 28.1 Å². The minimum absolute atomic E-state index is 0.0276. The molecule has 0 saturated heterocycles. The molecule has 0 spiro atoms. The number of benzene rings is 1. The van der Waals surface area contributed by atoms with Crippen molar-refractivity contribution in [2.24, 2.45) is 0 Å². The standard InChI is InChI=1S/C13H8N4O4S/c1-7-11(18)14-13-16(15-7)12(19)10(22-13)6-8-2-4-9(5-3-8)17(20)21/h2-6H,1H3/b10-6-. The van der Waals surface area contributed by atoms with Gasteiger partial charge in [-0.25, -0.2) is 0 Å². The summed E-state index contributed by atoms with van der Waals surface area (Å²) in [6.45, 7) is 1.48. The van der Waals surface area contributed by atoms with Gasteiger partial charge in [0, 0.05) is 12.1 Å². The highest BCUT2D eigenvalue weighted by Crippen LogP contribution is 2.12. The lowest BCUT2D eigenvalue weighted by Gasteiger charge is -1.92. The number of non-ortho nitro benzene ring substituents is 1. The average molecular weight is 316 g/mol. The van der Waals surface area contributed by atoms with Crippen LogP contribution in [0.25, 0.3) is 11.0 Å². The predicted molar refractivity (Wildman–Crippen MR) is 80.0 cm³/mol. The summed E-state index contributed by atoms with van der Waals surface area (Å²) in [5, 5.41) is 14.5. The Morgan fingerprint density at radius 2 is 1.95 bits per heavy atom. The Labute approximate surface area is 126 Å². The molecule has 0 radical (unpaired) electrons. The van der Waals surface area contributed by atoms with Crippen molar-refractivity contribution in [3.8, 4) is 0 Å². The SMILES string of the molecule is Cc1nn2c(=O)/c(=C/c3ccc([N+](=O)[O-])cc3)sc2nc1=O. The molecule has 0 aliphatic rings. The number of thiazole rings is 1. The van der Waals surface area contributed by atoms with Crippen LogP contribution >= 0.6 is 11.3 Å². The van der Waals surface area contributed by atoms with E-state index in [1.54, 1.807) is 6.08 Å². The fourth-order valence-corrected chi connectivity index (χ4v) is 2.73. The molecule has 0 amide bonds. The number of nitro benzene ring substituents is 1. The Bertz CT molecular complexity index is 1050. The minimum Gasteiger partial charge on any atom is -0.266 e. The normalized spacial score (nSPS) is 12.0. The van der Waals surface area contributed by atoms with Crippen LogP contribution in [-0.2, 0) is 0 Å². The third-order valence-corrected chi connectivity index (χ3v) is 3.90. The van der Waals surface area contributed by atoms with E-state index in [4.69, 9.17) is 0 Å². The molecule has 0 unspecified atom stereocenters. The van der Waals surface area contributed by atoms with Gasteiger partial charge in [-0.3, -0.25) is 19.7 Å². The first kappa shape index (κ1) is 14.0. The molecule has 0 saturated carbocycles. The highest BCUT2D eigenvalue weighted by molar-refractivity contribution is 7.15. The zero-order valence-electron chi connectivity index (χ0n) is 11.2. The van der Waals surface area contributed by atoms with Crippen LogP contribution < -0.4 is 15.7 Å². The van der Waals surface area contributed by atoms with Crippen molar-refractivity contribution in [3.63, 3.8) is 0 Å². The number of hydrogen-bond acceptors (Lipinski definition) is 7. The second kappa shape index (κ2) is 5.11. The lowest BCUT2D eigenvalue weighted by molar-refractivity contribution is -0.384. The van der Waals surface area contributed by atoms with Crippen LogP contribution in [0.15, 0.2) is 33.9 Å². The van der Waals surface area contributed by atoms with Crippen molar-refractivity contribution in [3.05, 3.63) is 70.9 Å². The summed E-state index contributed by atoms with van der Waals surface area (Å²) in [5.74, 6) is 0. The second-order valence-corrected chi connectivity index (χ2v) is 5.47. The van der Waals surface area contributed by atoms with E-state index < -0.39 is 10.5 Å². The van der Waals surface area contributed by atoms with Gasteiger partial charge in [0.2, 0.25) is 4.96 Å². The molecule has 3 rings (SSSR count). The lowest BCUT2D eigenvalue weighted by Crippen LogP contribution is -2.27. The van der Waals surface area contributed by atoms with E-state index in [0.29, 0.717) is 10.1 Å². The molecule has 1 aromatic carbocycles. The van der Waals surface area contributed by atoms with E-state index in [-0.39, 0.29) is 21.9 Å². The highest BCUT2D eigenvalue weighted by atomic mass is 32.1. The van der Waals surface area contributed by atoms with Crippen molar-refractivity contribution in [2.45, 2.75) is 6.92 Å².